The van der Waals surface area contributed by atoms with E-state index < -0.39 is 35.5 Å². The van der Waals surface area contributed by atoms with Crippen LogP contribution in [-0.4, -0.2) is 116 Å². The maximum absolute atomic E-state index is 12.8. The molecule has 2 rings (SSSR count). The van der Waals surface area contributed by atoms with E-state index in [1.807, 2.05) is 97.9 Å². The molecule has 0 aliphatic rings. The zero-order valence-electron chi connectivity index (χ0n) is 44.1. The lowest BCUT2D eigenvalue weighted by Crippen LogP contribution is -2.42. The Morgan fingerprint density at radius 2 is 1.20 bits per heavy atom. The Hall–Kier alpha value is -4.90. The van der Waals surface area contributed by atoms with Gasteiger partial charge in [0.2, 0.25) is 5.91 Å². The number of ether oxygens (including phenoxy) is 4. The molecule has 7 N–H and O–H groups in total. The lowest BCUT2D eigenvalue weighted by molar-refractivity contribution is -0.122. The van der Waals surface area contributed by atoms with Crippen molar-refractivity contribution in [2.45, 2.75) is 182 Å². The zero-order valence-corrected chi connectivity index (χ0v) is 44.1. The summed E-state index contributed by atoms with van der Waals surface area (Å²) in [4.78, 5) is 59.2. The van der Waals surface area contributed by atoms with Crippen LogP contribution < -0.4 is 32.2 Å². The summed E-state index contributed by atoms with van der Waals surface area (Å²) in [5.41, 5.74) is 15.2. The summed E-state index contributed by atoms with van der Waals surface area (Å²) >= 11 is 0. The molecule has 0 aliphatic heterocycles. The van der Waals surface area contributed by atoms with Gasteiger partial charge in [0.15, 0.2) is 0 Å². The number of rotatable bonds is 34. The van der Waals surface area contributed by atoms with Crippen LogP contribution in [0.3, 0.4) is 0 Å². The number of benzene rings is 2. The van der Waals surface area contributed by atoms with Gasteiger partial charge in [0.1, 0.15) is 30.2 Å². The Balaban J connectivity index is 1.74. The Morgan fingerprint density at radius 1 is 0.629 bits per heavy atom. The van der Waals surface area contributed by atoms with Crippen LogP contribution in [0, 0.1) is 0 Å². The highest BCUT2D eigenvalue weighted by Crippen LogP contribution is 2.15. The fraction of sp³-hybridized carbons (Fsp3) is 0.667. The third kappa shape index (κ3) is 33.6. The van der Waals surface area contributed by atoms with Crippen molar-refractivity contribution < 1.29 is 38.1 Å². The number of alkyl carbamates (subject to hydrolysis) is 1. The van der Waals surface area contributed by atoms with E-state index in [4.69, 9.17) is 30.4 Å². The second-order valence-corrected chi connectivity index (χ2v) is 20.2. The normalized spacial score (nSPS) is 13.1. The van der Waals surface area contributed by atoms with Crippen molar-refractivity contribution in [3.63, 3.8) is 0 Å². The molecule has 16 heteroatoms. The molecule has 16 nitrogen and oxygen atoms in total. The van der Waals surface area contributed by atoms with Gasteiger partial charge >= 0.3 is 18.3 Å². The number of nitrogens with zero attached hydrogens (tertiary/aromatic N) is 3. The molecule has 394 valence electrons. The molecule has 2 aromatic rings. The molecule has 0 aliphatic carbocycles. The van der Waals surface area contributed by atoms with Crippen LogP contribution in [0.2, 0.25) is 0 Å². The third-order valence-electron chi connectivity index (χ3n) is 11.0. The second-order valence-electron chi connectivity index (χ2n) is 20.2. The molecular formula is C54H90N8O8. The average Bonchev–Trinajstić information content (AvgIpc) is 3.28. The monoisotopic (exact) mass is 979 g/mol. The minimum absolute atomic E-state index is 0.0648. The predicted molar refractivity (Wildman–Crippen MR) is 282 cm³/mol. The molecule has 0 unspecified atom stereocenters. The summed E-state index contributed by atoms with van der Waals surface area (Å²) in [5.74, 6) is 0.677. The molecule has 0 heterocycles. The third-order valence-corrected chi connectivity index (χ3v) is 11.0. The SMILES string of the molecule is CC(CCCCC[C@H](N)CNCCCN(CCCNC(=O)[C@@H](N)CCCCCC(C)=NC(=O)OC(C)(C)C)CCOc1ccc(CCCCNC(=O)OCc2ccccc2)cc1)=NC(=O)OC(C)(C)C. The second kappa shape index (κ2) is 35.2. The van der Waals surface area contributed by atoms with Gasteiger partial charge in [-0.2, -0.15) is 9.98 Å². The van der Waals surface area contributed by atoms with Crippen LogP contribution in [0.1, 0.15) is 156 Å². The molecule has 0 saturated carbocycles. The summed E-state index contributed by atoms with van der Waals surface area (Å²) in [6.45, 7) is 20.5. The molecule has 2 atom stereocenters. The molecule has 0 bridgehead atoms. The van der Waals surface area contributed by atoms with E-state index in [0.29, 0.717) is 32.5 Å². The van der Waals surface area contributed by atoms with Gasteiger partial charge in [-0.25, -0.2) is 14.4 Å². The van der Waals surface area contributed by atoms with E-state index in [9.17, 15) is 19.2 Å². The first-order valence-corrected chi connectivity index (χ1v) is 25.7. The summed E-state index contributed by atoms with van der Waals surface area (Å²) < 4.78 is 22.0. The van der Waals surface area contributed by atoms with Crippen molar-refractivity contribution in [3.05, 3.63) is 65.7 Å². The number of hydrogen-bond acceptors (Lipinski definition) is 12. The fourth-order valence-corrected chi connectivity index (χ4v) is 7.27. The molecule has 0 aromatic heterocycles. The Bertz CT molecular complexity index is 1830. The van der Waals surface area contributed by atoms with Crippen LogP contribution in [-0.2, 0) is 32.0 Å². The minimum atomic E-state index is -0.575. The first-order valence-electron chi connectivity index (χ1n) is 25.7. The number of aliphatic imine (C=N–C) groups is 2. The number of aryl methyl sites for hydroxylation is 1. The molecule has 0 fully saturated rings. The van der Waals surface area contributed by atoms with Crippen LogP contribution in [0.15, 0.2) is 64.6 Å². The summed E-state index contributed by atoms with van der Waals surface area (Å²) in [7, 11) is 0. The van der Waals surface area contributed by atoms with Crippen molar-refractivity contribution in [1.29, 1.82) is 0 Å². The summed E-state index contributed by atoms with van der Waals surface area (Å²) in [6.07, 6.45) is 11.4. The number of carbonyl (C=O) groups excluding carboxylic acids is 4. The van der Waals surface area contributed by atoms with E-state index in [1.165, 1.54) is 5.56 Å². The van der Waals surface area contributed by atoms with Crippen LogP contribution in [0.25, 0.3) is 0 Å². The van der Waals surface area contributed by atoms with E-state index >= 15 is 0 Å². The highest BCUT2D eigenvalue weighted by molar-refractivity contribution is 5.92. The maximum Gasteiger partial charge on any atom is 0.434 e. The first kappa shape index (κ1) is 61.2. The maximum atomic E-state index is 12.8. The molecule has 0 saturated heterocycles. The van der Waals surface area contributed by atoms with E-state index in [0.717, 1.165) is 139 Å². The van der Waals surface area contributed by atoms with Gasteiger partial charge in [-0.3, -0.25) is 9.69 Å². The van der Waals surface area contributed by atoms with Crippen molar-refractivity contribution in [2.75, 3.05) is 52.4 Å². The molecule has 70 heavy (non-hydrogen) atoms. The van der Waals surface area contributed by atoms with E-state index in [1.54, 1.807) is 0 Å². The molecular weight excluding hydrogens is 889 g/mol. The smallest absolute Gasteiger partial charge is 0.434 e. The Morgan fingerprint density at radius 3 is 1.80 bits per heavy atom. The number of unbranched alkanes of at least 4 members (excludes halogenated alkanes) is 5. The number of carbonyl (C=O) groups is 4. The highest BCUT2D eigenvalue weighted by Gasteiger charge is 2.17. The lowest BCUT2D eigenvalue weighted by atomic mass is 10.1. The standard InChI is InChI=1S/C54H90N8O8/c1-42(60-51(65)69-53(3,4)5)22-12-9-16-27-46(55)40-57-33-20-36-62(37-21-35-58-49(63)48(56)28-17-10-13-23-43(2)61-52(66)70-54(6,7)8)38-39-67-47-31-29-44(30-32-47)24-18-19-34-59-50(64)68-41-45-25-14-11-15-26-45/h11,14-15,25-26,29-32,46,48,57H,9-10,12-13,16-24,27-28,33-41,55-56H2,1-8H3,(H,58,63)(H,59,64)/t46-,48-/m0/s1. The molecule has 0 radical (unpaired) electrons. The fourth-order valence-electron chi connectivity index (χ4n) is 7.27. The Kier molecular flexibility index (Phi) is 30.8. The topological polar surface area (TPSA) is 221 Å². The highest BCUT2D eigenvalue weighted by atomic mass is 16.6. The van der Waals surface area contributed by atoms with Crippen molar-refractivity contribution >= 4 is 35.6 Å². The van der Waals surface area contributed by atoms with Gasteiger partial charge in [-0.15, -0.1) is 0 Å². The Labute approximate surface area is 420 Å². The van der Waals surface area contributed by atoms with Crippen LogP contribution in [0.4, 0.5) is 14.4 Å². The van der Waals surface area contributed by atoms with Gasteiger partial charge in [0.25, 0.3) is 0 Å². The van der Waals surface area contributed by atoms with E-state index in [-0.39, 0.29) is 18.6 Å². The van der Waals surface area contributed by atoms with Crippen LogP contribution in [0.5, 0.6) is 5.75 Å². The summed E-state index contributed by atoms with van der Waals surface area (Å²) in [5, 5.41) is 9.39. The van der Waals surface area contributed by atoms with Gasteiger partial charge in [0, 0.05) is 43.6 Å². The first-order chi connectivity index (χ1) is 33.3. The van der Waals surface area contributed by atoms with Gasteiger partial charge in [0.05, 0.1) is 6.04 Å². The number of hydrogen-bond donors (Lipinski definition) is 5. The minimum Gasteiger partial charge on any atom is -0.492 e. The predicted octanol–water partition coefficient (Wildman–Crippen LogP) is 9.45. The number of nitrogens with one attached hydrogen (secondary N) is 3. The summed E-state index contributed by atoms with van der Waals surface area (Å²) in [6, 6.07) is 17.3. The quantitative estimate of drug-likeness (QED) is 0.0251. The zero-order chi connectivity index (χ0) is 51.6. The molecule has 4 amide bonds. The lowest BCUT2D eigenvalue weighted by Gasteiger charge is -2.23. The number of amides is 4. The average molecular weight is 979 g/mol. The van der Waals surface area contributed by atoms with Gasteiger partial charge in [-0.05, 0) is 169 Å². The van der Waals surface area contributed by atoms with Gasteiger partial charge in [-0.1, -0.05) is 68.1 Å². The van der Waals surface area contributed by atoms with Crippen molar-refractivity contribution in [3.8, 4) is 5.75 Å². The van der Waals surface area contributed by atoms with Gasteiger partial charge < -0.3 is 46.4 Å². The van der Waals surface area contributed by atoms with E-state index in [2.05, 4.69) is 43.0 Å². The number of nitrogens with two attached hydrogens (primary N) is 2. The largest absolute Gasteiger partial charge is 0.492 e. The van der Waals surface area contributed by atoms with Crippen LogP contribution >= 0.6 is 0 Å². The van der Waals surface area contributed by atoms with Crippen molar-refractivity contribution in [2.24, 2.45) is 21.5 Å². The molecule has 0 spiro atoms. The molecule has 2 aromatic carbocycles. The van der Waals surface area contributed by atoms with Crippen molar-refractivity contribution in [1.82, 2.24) is 20.9 Å².